The second-order valence-electron chi connectivity index (χ2n) is 6.30. The van der Waals surface area contributed by atoms with Gasteiger partial charge in [0.25, 0.3) is 6.43 Å². The minimum Gasteiger partial charge on any atom is -0.453 e. The lowest BCUT2D eigenvalue weighted by Gasteiger charge is -2.15. The molecule has 12 heteroatoms. The van der Waals surface area contributed by atoms with Crippen LogP contribution in [0.25, 0.3) is 22.6 Å². The standard InChI is InChI=1S/C18H11F6N5O/c19-13-6-14-8(4-15(30-14)17-26-28-29-27-17)3-9(13)7-25-10-1-2-11(16(20)21)12(5-10)18(22,23)24/h1-6,16,25H,7H2,(H,26,27,28,29). The van der Waals surface area contributed by atoms with Gasteiger partial charge in [-0.15, -0.1) is 5.10 Å². The summed E-state index contributed by atoms with van der Waals surface area (Å²) in [5, 5.41) is 16.2. The van der Waals surface area contributed by atoms with Crippen molar-refractivity contribution < 1.29 is 30.8 Å². The minimum atomic E-state index is -4.95. The molecule has 2 aromatic heterocycles. The lowest BCUT2D eigenvalue weighted by Crippen LogP contribution is -2.11. The summed E-state index contributed by atoms with van der Waals surface area (Å²) in [6, 6.07) is 6.50. The molecule has 0 aliphatic carbocycles. The fourth-order valence-corrected chi connectivity index (χ4v) is 2.92. The van der Waals surface area contributed by atoms with Crippen molar-refractivity contribution in [1.82, 2.24) is 20.6 Å². The third-order valence-electron chi connectivity index (χ3n) is 4.34. The molecule has 0 aliphatic rings. The molecule has 0 amide bonds. The zero-order valence-electron chi connectivity index (χ0n) is 14.8. The number of hydrogen-bond donors (Lipinski definition) is 2. The normalized spacial score (nSPS) is 12.1. The molecule has 0 atom stereocenters. The van der Waals surface area contributed by atoms with Gasteiger partial charge < -0.3 is 9.73 Å². The number of hydrogen-bond acceptors (Lipinski definition) is 5. The Morgan fingerprint density at radius 3 is 2.57 bits per heavy atom. The highest BCUT2D eigenvalue weighted by atomic mass is 19.4. The monoisotopic (exact) mass is 427 g/mol. The predicted octanol–water partition coefficient (Wildman–Crippen LogP) is 5.32. The number of aromatic nitrogens is 4. The van der Waals surface area contributed by atoms with E-state index in [2.05, 4.69) is 25.9 Å². The number of anilines is 1. The molecule has 2 aromatic carbocycles. The largest absolute Gasteiger partial charge is 0.453 e. The van der Waals surface area contributed by atoms with E-state index in [1.165, 1.54) is 6.07 Å². The molecule has 30 heavy (non-hydrogen) atoms. The van der Waals surface area contributed by atoms with E-state index in [0.717, 1.165) is 12.1 Å². The number of furan rings is 1. The number of rotatable bonds is 5. The van der Waals surface area contributed by atoms with E-state index >= 15 is 0 Å². The molecular weight excluding hydrogens is 416 g/mol. The Morgan fingerprint density at radius 1 is 1.10 bits per heavy atom. The maximum atomic E-state index is 14.4. The van der Waals surface area contributed by atoms with E-state index < -0.39 is 29.5 Å². The topological polar surface area (TPSA) is 79.6 Å². The first-order chi connectivity index (χ1) is 14.2. The van der Waals surface area contributed by atoms with Crippen LogP contribution in [0, 0.1) is 5.82 Å². The van der Waals surface area contributed by atoms with Crippen molar-refractivity contribution in [2.45, 2.75) is 19.1 Å². The van der Waals surface area contributed by atoms with Crippen LogP contribution in [0.3, 0.4) is 0 Å². The van der Waals surface area contributed by atoms with Gasteiger partial charge in [-0.1, -0.05) is 6.07 Å². The number of aromatic amines is 1. The second kappa shape index (κ2) is 7.35. The van der Waals surface area contributed by atoms with Crippen molar-refractivity contribution in [1.29, 1.82) is 0 Å². The Hall–Kier alpha value is -3.57. The van der Waals surface area contributed by atoms with Crippen LogP contribution in [0.5, 0.6) is 0 Å². The van der Waals surface area contributed by atoms with E-state index in [1.807, 2.05) is 0 Å². The van der Waals surface area contributed by atoms with E-state index in [0.29, 0.717) is 17.5 Å². The highest BCUT2D eigenvalue weighted by molar-refractivity contribution is 5.82. The molecule has 2 heterocycles. The second-order valence-corrected chi connectivity index (χ2v) is 6.30. The molecule has 0 radical (unpaired) electrons. The molecule has 156 valence electrons. The molecule has 0 bridgehead atoms. The molecule has 4 rings (SSSR count). The molecule has 6 nitrogen and oxygen atoms in total. The first kappa shape index (κ1) is 19.7. The van der Waals surface area contributed by atoms with Crippen LogP contribution in [0.2, 0.25) is 0 Å². The Morgan fingerprint density at radius 2 is 1.90 bits per heavy atom. The third kappa shape index (κ3) is 3.80. The van der Waals surface area contributed by atoms with Gasteiger partial charge in [-0.2, -0.15) is 13.2 Å². The van der Waals surface area contributed by atoms with Crippen LogP contribution in [-0.4, -0.2) is 20.6 Å². The molecule has 0 saturated heterocycles. The summed E-state index contributed by atoms with van der Waals surface area (Å²) in [7, 11) is 0. The Balaban J connectivity index is 1.59. The van der Waals surface area contributed by atoms with E-state index in [1.54, 1.807) is 6.07 Å². The molecule has 0 unspecified atom stereocenters. The molecule has 0 spiro atoms. The van der Waals surface area contributed by atoms with Crippen LogP contribution in [-0.2, 0) is 12.7 Å². The van der Waals surface area contributed by atoms with Crippen molar-refractivity contribution in [2.75, 3.05) is 5.32 Å². The lowest BCUT2D eigenvalue weighted by molar-refractivity contribution is -0.139. The van der Waals surface area contributed by atoms with E-state index in [-0.39, 0.29) is 35.0 Å². The number of nitrogens with zero attached hydrogens (tertiary/aromatic N) is 3. The number of alkyl halides is 5. The van der Waals surface area contributed by atoms with Crippen molar-refractivity contribution in [3.05, 3.63) is 58.9 Å². The first-order valence-electron chi connectivity index (χ1n) is 8.41. The average Bonchev–Trinajstić information content (AvgIpc) is 3.34. The zero-order chi connectivity index (χ0) is 21.5. The molecule has 4 aromatic rings. The number of H-pyrrole nitrogens is 1. The maximum Gasteiger partial charge on any atom is 0.416 e. The smallest absolute Gasteiger partial charge is 0.416 e. The number of benzene rings is 2. The minimum absolute atomic E-state index is 0.0770. The Kier molecular flexibility index (Phi) is 4.84. The van der Waals surface area contributed by atoms with Crippen LogP contribution in [0.4, 0.5) is 32.0 Å². The van der Waals surface area contributed by atoms with Crippen LogP contribution in [0.1, 0.15) is 23.1 Å². The number of nitrogens with one attached hydrogen (secondary N) is 2. The fourth-order valence-electron chi connectivity index (χ4n) is 2.92. The molecule has 0 saturated carbocycles. The summed E-state index contributed by atoms with van der Waals surface area (Å²) in [5.74, 6) is -0.145. The highest BCUT2D eigenvalue weighted by Crippen LogP contribution is 2.38. The molecule has 2 N–H and O–H groups in total. The Labute approximate surface area is 163 Å². The highest BCUT2D eigenvalue weighted by Gasteiger charge is 2.35. The number of halogens is 6. The summed E-state index contributed by atoms with van der Waals surface area (Å²) in [6.45, 7) is -0.183. The molecule has 0 fully saturated rings. The quantitative estimate of drug-likeness (QED) is 0.422. The maximum absolute atomic E-state index is 14.4. The number of fused-ring (bicyclic) bond motifs is 1. The van der Waals surface area contributed by atoms with E-state index in [9.17, 15) is 26.3 Å². The average molecular weight is 427 g/mol. The van der Waals surface area contributed by atoms with Crippen molar-refractivity contribution >= 4 is 16.7 Å². The molecular formula is C18H11F6N5O. The number of tetrazole rings is 1. The van der Waals surface area contributed by atoms with Gasteiger partial charge in [0.05, 0.1) is 5.56 Å². The van der Waals surface area contributed by atoms with Crippen LogP contribution < -0.4 is 5.32 Å². The molecule has 0 aliphatic heterocycles. The van der Waals surface area contributed by atoms with Gasteiger partial charge in [0.15, 0.2) is 5.76 Å². The van der Waals surface area contributed by atoms with Crippen molar-refractivity contribution in [2.24, 2.45) is 0 Å². The van der Waals surface area contributed by atoms with Crippen LogP contribution in [0.15, 0.2) is 40.8 Å². The lowest BCUT2D eigenvalue weighted by atomic mass is 10.1. The van der Waals surface area contributed by atoms with Gasteiger partial charge in [0.1, 0.15) is 11.4 Å². The fraction of sp³-hybridized carbons (Fsp3) is 0.167. The van der Waals surface area contributed by atoms with Gasteiger partial charge in [0.2, 0.25) is 5.82 Å². The first-order valence-corrected chi connectivity index (χ1v) is 8.41. The zero-order valence-corrected chi connectivity index (χ0v) is 14.8. The van der Waals surface area contributed by atoms with Gasteiger partial charge in [-0.3, -0.25) is 0 Å². The summed E-state index contributed by atoms with van der Waals surface area (Å²) in [5.41, 5.74) is -2.28. The van der Waals surface area contributed by atoms with Gasteiger partial charge in [-0.05, 0) is 34.7 Å². The van der Waals surface area contributed by atoms with Gasteiger partial charge in [0, 0.05) is 34.8 Å². The van der Waals surface area contributed by atoms with Crippen LogP contribution >= 0.6 is 0 Å². The van der Waals surface area contributed by atoms with Crippen molar-refractivity contribution in [3.8, 4) is 11.6 Å². The van der Waals surface area contributed by atoms with Gasteiger partial charge in [-0.25, -0.2) is 18.3 Å². The predicted molar refractivity (Wildman–Crippen MR) is 93.1 cm³/mol. The van der Waals surface area contributed by atoms with Crippen molar-refractivity contribution in [3.63, 3.8) is 0 Å². The summed E-state index contributed by atoms with van der Waals surface area (Å²) in [4.78, 5) is 0. The summed E-state index contributed by atoms with van der Waals surface area (Å²) >= 11 is 0. The summed E-state index contributed by atoms with van der Waals surface area (Å²) in [6.07, 6.45) is -8.22. The van der Waals surface area contributed by atoms with Gasteiger partial charge >= 0.3 is 6.18 Å². The Bertz CT molecular complexity index is 1190. The summed E-state index contributed by atoms with van der Waals surface area (Å²) < 4.78 is 84.7. The third-order valence-corrected chi connectivity index (χ3v) is 4.34. The van der Waals surface area contributed by atoms with E-state index in [4.69, 9.17) is 4.42 Å². The SMILES string of the molecule is Fc1cc2oc(-c3nnn[nH]3)cc2cc1CNc1ccc(C(F)F)c(C(F)(F)F)c1.